The first kappa shape index (κ1) is 22.4. The number of nitrogens with one attached hydrogen (secondary N) is 1. The minimum absolute atomic E-state index is 0.0960. The SMILES string of the molecule is COc1cn(CC(=O)NC[C@H]2CCCO2)c(CN2CCN(c3ccccc3)CC2)cc1=O. The van der Waals surface area contributed by atoms with Crippen LogP contribution in [0.25, 0.3) is 0 Å². The first-order valence-electron chi connectivity index (χ1n) is 11.3. The Bertz CT molecular complexity index is 948. The van der Waals surface area contributed by atoms with E-state index in [1.165, 1.54) is 12.8 Å². The zero-order valence-electron chi connectivity index (χ0n) is 18.7. The predicted molar refractivity (Wildman–Crippen MR) is 123 cm³/mol. The summed E-state index contributed by atoms with van der Waals surface area (Å²) in [7, 11) is 1.47. The van der Waals surface area contributed by atoms with Crippen molar-refractivity contribution in [3.05, 3.63) is 58.5 Å². The van der Waals surface area contributed by atoms with Crippen LogP contribution in [0.5, 0.6) is 5.75 Å². The number of carbonyl (C=O) groups excluding carboxylic acids is 1. The van der Waals surface area contributed by atoms with E-state index in [9.17, 15) is 9.59 Å². The lowest BCUT2D eigenvalue weighted by molar-refractivity contribution is -0.122. The highest BCUT2D eigenvalue weighted by Crippen LogP contribution is 2.17. The fraction of sp³-hybridized carbons (Fsp3) is 0.500. The van der Waals surface area contributed by atoms with Crippen LogP contribution < -0.4 is 20.4 Å². The number of carbonyl (C=O) groups is 1. The third kappa shape index (κ3) is 5.69. The van der Waals surface area contributed by atoms with Gasteiger partial charge < -0.3 is 24.3 Å². The minimum Gasteiger partial charge on any atom is -0.491 e. The molecule has 2 aliphatic heterocycles. The number of pyridine rings is 1. The van der Waals surface area contributed by atoms with Gasteiger partial charge in [0.25, 0.3) is 0 Å². The molecule has 0 spiro atoms. The van der Waals surface area contributed by atoms with Gasteiger partial charge in [0.1, 0.15) is 6.54 Å². The molecular weight excluding hydrogens is 408 g/mol. The summed E-state index contributed by atoms with van der Waals surface area (Å²) in [5.41, 5.74) is 1.88. The standard InChI is InChI=1S/C24H32N4O4/c1-31-23-17-28(18-24(30)25-15-21-8-5-13-32-21)20(14-22(23)29)16-26-9-11-27(12-10-26)19-6-3-2-4-7-19/h2-4,6-7,14,17,21H,5,8-13,15-16,18H2,1H3,(H,25,30)/t21-/m1/s1. The van der Waals surface area contributed by atoms with Crippen molar-refractivity contribution in [2.24, 2.45) is 0 Å². The van der Waals surface area contributed by atoms with E-state index in [1.807, 2.05) is 10.6 Å². The van der Waals surface area contributed by atoms with E-state index in [4.69, 9.17) is 9.47 Å². The molecule has 2 aliphatic rings. The van der Waals surface area contributed by atoms with E-state index < -0.39 is 0 Å². The van der Waals surface area contributed by atoms with Crippen LogP contribution in [0.4, 0.5) is 5.69 Å². The highest BCUT2D eigenvalue weighted by atomic mass is 16.5. The summed E-state index contributed by atoms with van der Waals surface area (Å²) in [6.45, 7) is 5.66. The molecule has 4 rings (SSSR count). The zero-order valence-corrected chi connectivity index (χ0v) is 18.7. The van der Waals surface area contributed by atoms with Crippen molar-refractivity contribution >= 4 is 11.6 Å². The predicted octanol–water partition coefficient (Wildman–Crippen LogP) is 1.47. The number of methoxy groups -OCH3 is 1. The fourth-order valence-corrected chi connectivity index (χ4v) is 4.31. The van der Waals surface area contributed by atoms with Crippen LogP contribution >= 0.6 is 0 Å². The maximum atomic E-state index is 12.6. The molecule has 0 unspecified atom stereocenters. The molecule has 0 aliphatic carbocycles. The van der Waals surface area contributed by atoms with Gasteiger partial charge in [0.15, 0.2) is 5.75 Å². The van der Waals surface area contributed by atoms with E-state index in [2.05, 4.69) is 39.4 Å². The normalized spacial score (nSPS) is 19.2. The number of hydrogen-bond donors (Lipinski definition) is 1. The first-order valence-corrected chi connectivity index (χ1v) is 11.3. The highest BCUT2D eigenvalue weighted by molar-refractivity contribution is 5.75. The second-order valence-electron chi connectivity index (χ2n) is 8.36. The average molecular weight is 441 g/mol. The van der Waals surface area contributed by atoms with Crippen LogP contribution in [0.1, 0.15) is 18.5 Å². The number of rotatable bonds is 8. The van der Waals surface area contributed by atoms with Crippen LogP contribution in [0, 0.1) is 0 Å². The average Bonchev–Trinajstić information content (AvgIpc) is 3.34. The van der Waals surface area contributed by atoms with Crippen molar-refractivity contribution in [3.63, 3.8) is 0 Å². The summed E-state index contributed by atoms with van der Waals surface area (Å²) in [6.07, 6.45) is 3.76. The zero-order chi connectivity index (χ0) is 22.3. The first-order chi connectivity index (χ1) is 15.6. The molecule has 2 aromatic rings. The minimum atomic E-state index is -0.165. The van der Waals surface area contributed by atoms with Crippen molar-refractivity contribution < 1.29 is 14.3 Å². The van der Waals surface area contributed by atoms with Gasteiger partial charge in [0.05, 0.1) is 19.4 Å². The molecule has 0 radical (unpaired) electrons. The molecule has 8 heteroatoms. The van der Waals surface area contributed by atoms with Gasteiger partial charge in [-0.2, -0.15) is 0 Å². The molecule has 2 fully saturated rings. The van der Waals surface area contributed by atoms with Gasteiger partial charge in [0.2, 0.25) is 11.3 Å². The Morgan fingerprint density at radius 2 is 1.97 bits per heavy atom. The Balaban J connectivity index is 1.39. The summed E-state index contributed by atoms with van der Waals surface area (Å²) in [6, 6.07) is 12.0. The van der Waals surface area contributed by atoms with E-state index in [-0.39, 0.29) is 29.7 Å². The number of benzene rings is 1. The number of aromatic nitrogens is 1. The van der Waals surface area contributed by atoms with Crippen molar-refractivity contribution in [1.82, 2.24) is 14.8 Å². The Morgan fingerprint density at radius 3 is 2.66 bits per heavy atom. The summed E-state index contributed by atoms with van der Waals surface area (Å²) in [5, 5.41) is 2.96. The Labute approximate surface area is 188 Å². The molecular formula is C24H32N4O4. The summed E-state index contributed by atoms with van der Waals surface area (Å²) >= 11 is 0. The molecule has 1 aromatic carbocycles. The molecule has 1 amide bonds. The number of nitrogens with zero attached hydrogens (tertiary/aromatic N) is 3. The third-order valence-corrected chi connectivity index (χ3v) is 6.15. The topological polar surface area (TPSA) is 76.0 Å². The third-order valence-electron chi connectivity index (χ3n) is 6.15. The smallest absolute Gasteiger partial charge is 0.240 e. The number of anilines is 1. The van der Waals surface area contributed by atoms with Gasteiger partial charge in [-0.1, -0.05) is 18.2 Å². The van der Waals surface area contributed by atoms with Crippen LogP contribution in [-0.4, -0.2) is 67.9 Å². The lowest BCUT2D eigenvalue weighted by Gasteiger charge is -2.36. The molecule has 3 heterocycles. The molecule has 8 nitrogen and oxygen atoms in total. The van der Waals surface area contributed by atoms with Gasteiger partial charge in [-0.25, -0.2) is 0 Å². The second kappa shape index (κ2) is 10.7. The molecule has 1 aromatic heterocycles. The van der Waals surface area contributed by atoms with Crippen LogP contribution in [0.15, 0.2) is 47.4 Å². The van der Waals surface area contributed by atoms with Gasteiger partial charge in [-0.15, -0.1) is 0 Å². The van der Waals surface area contributed by atoms with Crippen LogP contribution in [-0.2, 0) is 22.6 Å². The van der Waals surface area contributed by atoms with E-state index in [0.29, 0.717) is 13.1 Å². The number of amides is 1. The van der Waals surface area contributed by atoms with E-state index >= 15 is 0 Å². The van der Waals surface area contributed by atoms with Crippen molar-refractivity contribution in [2.75, 3.05) is 51.3 Å². The molecule has 32 heavy (non-hydrogen) atoms. The summed E-state index contributed by atoms with van der Waals surface area (Å²) in [4.78, 5) is 29.7. The van der Waals surface area contributed by atoms with Crippen LogP contribution in [0.3, 0.4) is 0 Å². The van der Waals surface area contributed by atoms with E-state index in [1.54, 1.807) is 12.3 Å². The van der Waals surface area contributed by atoms with Crippen molar-refractivity contribution in [3.8, 4) is 5.75 Å². The lowest BCUT2D eigenvalue weighted by atomic mass is 10.2. The number of hydrogen-bond acceptors (Lipinski definition) is 6. The van der Waals surface area contributed by atoms with Gasteiger partial charge in [0, 0.05) is 63.3 Å². The Hall–Kier alpha value is -2.84. The number of para-hydroxylation sites is 1. The fourth-order valence-electron chi connectivity index (χ4n) is 4.31. The monoisotopic (exact) mass is 440 g/mol. The second-order valence-corrected chi connectivity index (χ2v) is 8.36. The van der Waals surface area contributed by atoms with Gasteiger partial charge >= 0.3 is 0 Å². The largest absolute Gasteiger partial charge is 0.491 e. The molecule has 2 saturated heterocycles. The molecule has 0 bridgehead atoms. The number of ether oxygens (including phenoxy) is 2. The maximum Gasteiger partial charge on any atom is 0.240 e. The van der Waals surface area contributed by atoms with Gasteiger partial charge in [-0.3, -0.25) is 14.5 Å². The number of piperazine rings is 1. The lowest BCUT2D eigenvalue weighted by Crippen LogP contribution is -2.46. The quantitative estimate of drug-likeness (QED) is 0.670. The Kier molecular flexibility index (Phi) is 7.44. The molecule has 0 saturated carbocycles. The molecule has 1 N–H and O–H groups in total. The van der Waals surface area contributed by atoms with Crippen LogP contribution in [0.2, 0.25) is 0 Å². The summed E-state index contributed by atoms with van der Waals surface area (Å²) in [5.74, 6) is 0.149. The Morgan fingerprint density at radius 1 is 1.19 bits per heavy atom. The molecule has 1 atom stereocenters. The molecule has 172 valence electrons. The summed E-state index contributed by atoms with van der Waals surface area (Å²) < 4.78 is 12.6. The van der Waals surface area contributed by atoms with Gasteiger partial charge in [-0.05, 0) is 25.0 Å². The van der Waals surface area contributed by atoms with E-state index in [0.717, 1.165) is 51.3 Å². The van der Waals surface area contributed by atoms with Crippen molar-refractivity contribution in [2.45, 2.75) is 32.0 Å². The van der Waals surface area contributed by atoms with Crippen molar-refractivity contribution in [1.29, 1.82) is 0 Å². The highest BCUT2D eigenvalue weighted by Gasteiger charge is 2.20. The maximum absolute atomic E-state index is 12.6.